The number of rotatable bonds is 3. The third-order valence-electron chi connectivity index (χ3n) is 4.18. The number of ketones is 1. The average Bonchev–Trinajstić information content (AvgIpc) is 3.05. The van der Waals surface area contributed by atoms with E-state index in [1.54, 1.807) is 0 Å². The molecule has 0 saturated carbocycles. The molecule has 0 amide bonds. The first-order valence-electron chi connectivity index (χ1n) is 7.98. The van der Waals surface area contributed by atoms with Gasteiger partial charge in [-0.1, -0.05) is 11.8 Å². The van der Waals surface area contributed by atoms with Gasteiger partial charge < -0.3 is 9.47 Å². The Hall–Kier alpha value is -2.04. The number of hydrogen-bond donors (Lipinski definition) is 0. The molecule has 1 aromatic heterocycles. The Morgan fingerprint density at radius 3 is 2.59 bits per heavy atom. The van der Waals surface area contributed by atoms with Gasteiger partial charge in [-0.3, -0.25) is 4.79 Å². The molecular formula is C17H12F4N2O3S. The Balaban J connectivity index is 1.68. The molecule has 2 saturated heterocycles. The molecule has 2 aliphatic rings. The van der Waals surface area contributed by atoms with Crippen molar-refractivity contribution >= 4 is 17.5 Å². The molecule has 5 nitrogen and oxygen atoms in total. The van der Waals surface area contributed by atoms with Gasteiger partial charge in [-0.15, -0.1) is 0 Å². The fourth-order valence-corrected chi connectivity index (χ4v) is 3.97. The minimum absolute atomic E-state index is 0.0171. The predicted molar refractivity (Wildman–Crippen MR) is 86.3 cm³/mol. The van der Waals surface area contributed by atoms with E-state index in [1.165, 1.54) is 12.1 Å². The maximum absolute atomic E-state index is 13.3. The second-order valence-corrected chi connectivity index (χ2v) is 7.30. The van der Waals surface area contributed by atoms with Crippen LogP contribution in [-0.2, 0) is 20.4 Å². The molecule has 10 heteroatoms. The van der Waals surface area contributed by atoms with Gasteiger partial charge in [-0.05, 0) is 30.3 Å². The Labute approximate surface area is 155 Å². The Kier molecular flexibility index (Phi) is 4.65. The number of thioether (sulfide) groups is 1. The molecule has 2 bridgehead atoms. The number of nitrogens with zero attached hydrogens (tertiary/aromatic N) is 2. The highest BCUT2D eigenvalue weighted by molar-refractivity contribution is 7.99. The molecule has 0 spiro atoms. The van der Waals surface area contributed by atoms with E-state index in [9.17, 15) is 22.4 Å². The minimum Gasteiger partial charge on any atom is -0.343 e. The maximum atomic E-state index is 13.3. The van der Waals surface area contributed by atoms with Crippen LogP contribution in [0.15, 0.2) is 35.5 Å². The van der Waals surface area contributed by atoms with Gasteiger partial charge >= 0.3 is 6.18 Å². The lowest BCUT2D eigenvalue weighted by Crippen LogP contribution is -2.37. The standard InChI is InChI=1S/C17H12F4N2O3S/c18-9-3-1-8(2-4-9)10-5-14(17(19,20)21)23-16(22-10)27-13-6-11(24)15-25-7-12(13)26-15/h1-5,12-13,15H,6-7H2/t12-,13+,15-/m1/s1. The fraction of sp³-hybridized carbons (Fsp3) is 0.353. The zero-order valence-corrected chi connectivity index (χ0v) is 14.4. The molecule has 4 rings (SSSR count). The van der Waals surface area contributed by atoms with Crippen molar-refractivity contribution in [1.29, 1.82) is 0 Å². The van der Waals surface area contributed by atoms with E-state index in [1.807, 2.05) is 0 Å². The van der Waals surface area contributed by atoms with Crippen LogP contribution < -0.4 is 0 Å². The smallest absolute Gasteiger partial charge is 0.343 e. The number of alkyl halides is 3. The summed E-state index contributed by atoms with van der Waals surface area (Å²) in [7, 11) is 0. The third-order valence-corrected chi connectivity index (χ3v) is 5.35. The Morgan fingerprint density at radius 2 is 1.89 bits per heavy atom. The van der Waals surface area contributed by atoms with E-state index in [0.29, 0.717) is 5.56 Å². The molecule has 0 N–H and O–H groups in total. The molecule has 27 heavy (non-hydrogen) atoms. The molecule has 2 aliphatic heterocycles. The van der Waals surface area contributed by atoms with E-state index in [4.69, 9.17) is 9.47 Å². The van der Waals surface area contributed by atoms with Crippen molar-refractivity contribution in [2.24, 2.45) is 0 Å². The van der Waals surface area contributed by atoms with Crippen LogP contribution in [-0.4, -0.2) is 40.0 Å². The number of benzene rings is 1. The SMILES string of the molecule is O=C1C[C@H](Sc2nc(-c3ccc(F)cc3)cc(C(F)(F)F)n2)[C@H]2CO[C@@H]1O2. The van der Waals surface area contributed by atoms with Crippen molar-refractivity contribution in [3.8, 4) is 11.3 Å². The van der Waals surface area contributed by atoms with E-state index < -0.39 is 35.3 Å². The zero-order valence-electron chi connectivity index (χ0n) is 13.6. The lowest BCUT2D eigenvalue weighted by Gasteiger charge is -2.25. The van der Waals surface area contributed by atoms with Gasteiger partial charge in [-0.25, -0.2) is 14.4 Å². The van der Waals surface area contributed by atoms with Crippen LogP contribution in [0.25, 0.3) is 11.3 Å². The lowest BCUT2D eigenvalue weighted by atomic mass is 10.1. The number of hydrogen-bond acceptors (Lipinski definition) is 6. The number of carbonyl (C=O) groups excluding carboxylic acids is 1. The first kappa shape index (κ1) is 18.3. The number of aromatic nitrogens is 2. The lowest BCUT2D eigenvalue weighted by molar-refractivity contribution is -0.151. The van der Waals surface area contributed by atoms with Crippen molar-refractivity contribution in [3.05, 3.63) is 41.8 Å². The van der Waals surface area contributed by atoms with Crippen LogP contribution in [0.1, 0.15) is 12.1 Å². The molecule has 2 fully saturated rings. The first-order valence-corrected chi connectivity index (χ1v) is 8.86. The van der Waals surface area contributed by atoms with Gasteiger partial charge in [-0.2, -0.15) is 13.2 Å². The zero-order chi connectivity index (χ0) is 19.2. The van der Waals surface area contributed by atoms with Gasteiger partial charge in [0, 0.05) is 17.2 Å². The van der Waals surface area contributed by atoms with Crippen LogP contribution in [0, 0.1) is 5.82 Å². The molecule has 0 radical (unpaired) electrons. The van der Waals surface area contributed by atoms with Crippen LogP contribution >= 0.6 is 11.8 Å². The monoisotopic (exact) mass is 400 g/mol. The summed E-state index contributed by atoms with van der Waals surface area (Å²) in [6.45, 7) is 0.192. The van der Waals surface area contributed by atoms with E-state index in [-0.39, 0.29) is 29.7 Å². The number of Topliss-reactive ketones (excluding diaryl/α,β-unsaturated/α-hetero) is 1. The first-order chi connectivity index (χ1) is 12.8. The molecular weight excluding hydrogens is 388 g/mol. The molecule has 2 aromatic rings. The van der Waals surface area contributed by atoms with E-state index in [0.717, 1.165) is 30.0 Å². The summed E-state index contributed by atoms with van der Waals surface area (Å²) in [4.78, 5) is 19.6. The van der Waals surface area contributed by atoms with E-state index in [2.05, 4.69) is 9.97 Å². The van der Waals surface area contributed by atoms with Gasteiger partial charge in [0.1, 0.15) is 11.5 Å². The van der Waals surface area contributed by atoms with Gasteiger partial charge in [0.05, 0.1) is 18.4 Å². The quantitative estimate of drug-likeness (QED) is 0.581. The van der Waals surface area contributed by atoms with Gasteiger partial charge in [0.15, 0.2) is 10.9 Å². The summed E-state index contributed by atoms with van der Waals surface area (Å²) >= 11 is 0.948. The second-order valence-electron chi connectivity index (χ2n) is 6.09. The summed E-state index contributed by atoms with van der Waals surface area (Å²) in [6.07, 6.45) is -5.87. The van der Waals surface area contributed by atoms with Gasteiger partial charge in [0.2, 0.25) is 6.29 Å². The largest absolute Gasteiger partial charge is 0.433 e. The van der Waals surface area contributed by atoms with Crippen molar-refractivity contribution in [2.75, 3.05) is 6.61 Å². The number of fused-ring (bicyclic) bond motifs is 2. The van der Waals surface area contributed by atoms with E-state index >= 15 is 0 Å². The second kappa shape index (κ2) is 6.84. The fourth-order valence-electron chi connectivity index (χ4n) is 2.85. The summed E-state index contributed by atoms with van der Waals surface area (Å²) in [6, 6.07) is 5.78. The summed E-state index contributed by atoms with van der Waals surface area (Å²) in [5.74, 6) is -0.765. The number of carbonyl (C=O) groups is 1. The summed E-state index contributed by atoms with van der Waals surface area (Å²) < 4.78 is 63.5. The Morgan fingerprint density at radius 1 is 1.15 bits per heavy atom. The van der Waals surface area contributed by atoms with Crippen molar-refractivity contribution in [1.82, 2.24) is 9.97 Å². The van der Waals surface area contributed by atoms with Crippen molar-refractivity contribution in [2.45, 2.75) is 35.4 Å². The van der Waals surface area contributed by atoms with Gasteiger partial charge in [0.25, 0.3) is 0 Å². The van der Waals surface area contributed by atoms with Crippen LogP contribution in [0.5, 0.6) is 0 Å². The molecule has 3 heterocycles. The third kappa shape index (κ3) is 3.83. The van der Waals surface area contributed by atoms with Crippen molar-refractivity contribution < 1.29 is 31.8 Å². The number of ether oxygens (including phenoxy) is 2. The van der Waals surface area contributed by atoms with Crippen LogP contribution in [0.2, 0.25) is 0 Å². The molecule has 142 valence electrons. The molecule has 0 unspecified atom stereocenters. The van der Waals surface area contributed by atoms with Crippen LogP contribution in [0.3, 0.4) is 0 Å². The number of halogens is 4. The van der Waals surface area contributed by atoms with Crippen molar-refractivity contribution in [3.63, 3.8) is 0 Å². The highest BCUT2D eigenvalue weighted by Gasteiger charge is 2.44. The Bertz CT molecular complexity index is 875. The maximum Gasteiger partial charge on any atom is 0.433 e. The predicted octanol–water partition coefficient (Wildman–Crippen LogP) is 3.48. The minimum atomic E-state index is -4.67. The normalized spacial score (nSPS) is 25.0. The topological polar surface area (TPSA) is 61.3 Å². The summed E-state index contributed by atoms with van der Waals surface area (Å²) in [5.41, 5.74) is -0.766. The molecule has 3 atom stereocenters. The summed E-state index contributed by atoms with van der Waals surface area (Å²) in [5, 5.41) is -0.572. The highest BCUT2D eigenvalue weighted by atomic mass is 32.2. The highest BCUT2D eigenvalue weighted by Crippen LogP contribution is 2.37. The van der Waals surface area contributed by atoms with Crippen LogP contribution in [0.4, 0.5) is 17.6 Å². The average molecular weight is 400 g/mol. The molecule has 0 aliphatic carbocycles. The molecule has 1 aromatic carbocycles.